The van der Waals surface area contributed by atoms with Gasteiger partial charge in [0, 0.05) is 5.88 Å². The standard InChI is InChI=1S/C3H6ClO.Na.H/c1-3(5)2-4;;/h3,5H,1-2H2;;. The van der Waals surface area contributed by atoms with Gasteiger partial charge in [-0.3, -0.25) is 0 Å². The first kappa shape index (κ1) is 10.3. The topological polar surface area (TPSA) is 20.2 Å². The van der Waals surface area contributed by atoms with E-state index in [0.717, 1.165) is 0 Å². The van der Waals surface area contributed by atoms with Crippen molar-refractivity contribution in [3.63, 3.8) is 0 Å². The van der Waals surface area contributed by atoms with Gasteiger partial charge in [-0.15, -0.1) is 11.6 Å². The second kappa shape index (κ2) is 6.25. The van der Waals surface area contributed by atoms with E-state index in [9.17, 15) is 0 Å². The van der Waals surface area contributed by atoms with E-state index >= 15 is 0 Å². The van der Waals surface area contributed by atoms with Crippen LogP contribution in [0.25, 0.3) is 0 Å². The van der Waals surface area contributed by atoms with Crippen molar-refractivity contribution in [2.45, 2.75) is 6.10 Å². The molecule has 0 amide bonds. The van der Waals surface area contributed by atoms with E-state index in [1.54, 1.807) is 0 Å². The summed E-state index contributed by atoms with van der Waals surface area (Å²) in [6.07, 6.45) is -0.600. The Kier molecular flexibility index (Phi) is 10.7. The number of hydrogen-bond acceptors (Lipinski definition) is 1. The van der Waals surface area contributed by atoms with E-state index in [1.165, 1.54) is 0 Å². The Hall–Kier alpha value is 1.25. The van der Waals surface area contributed by atoms with Crippen LogP contribution in [0.3, 0.4) is 0 Å². The molecular formula is C3H7ClNaO. The van der Waals surface area contributed by atoms with Gasteiger partial charge in [-0.1, -0.05) is 0 Å². The molecule has 0 aliphatic carbocycles. The molecule has 0 aliphatic heterocycles. The summed E-state index contributed by atoms with van der Waals surface area (Å²) in [5.41, 5.74) is 0. The van der Waals surface area contributed by atoms with Gasteiger partial charge in [0.05, 0.1) is 6.10 Å². The Morgan fingerprint density at radius 1 is 1.83 bits per heavy atom. The first-order chi connectivity index (χ1) is 2.27. The number of aliphatic hydroxyl groups is 1. The molecule has 0 heterocycles. The quantitative estimate of drug-likeness (QED) is 0.372. The van der Waals surface area contributed by atoms with Gasteiger partial charge < -0.3 is 5.11 Å². The van der Waals surface area contributed by atoms with Crippen LogP contribution >= 0.6 is 11.6 Å². The summed E-state index contributed by atoms with van der Waals surface area (Å²) in [4.78, 5) is 0. The Bertz CT molecular complexity index is 24.8. The van der Waals surface area contributed by atoms with Crippen molar-refractivity contribution in [1.82, 2.24) is 0 Å². The Balaban J connectivity index is 0. The number of aliphatic hydroxyl groups excluding tert-OH is 1. The summed E-state index contributed by atoms with van der Waals surface area (Å²) in [6.45, 7) is 3.18. The number of alkyl halides is 1. The van der Waals surface area contributed by atoms with Gasteiger partial charge in [-0.05, 0) is 6.92 Å². The maximum absolute atomic E-state index is 8.12. The first-order valence-electron chi connectivity index (χ1n) is 1.34. The average Bonchev–Trinajstić information content (AvgIpc) is 1.38. The van der Waals surface area contributed by atoms with E-state index in [2.05, 4.69) is 6.92 Å². The zero-order valence-corrected chi connectivity index (χ0v) is 3.57. The van der Waals surface area contributed by atoms with Gasteiger partial charge in [-0.25, -0.2) is 0 Å². The zero-order valence-electron chi connectivity index (χ0n) is 2.82. The summed E-state index contributed by atoms with van der Waals surface area (Å²) in [5.74, 6) is 0.222. The molecule has 33 valence electrons. The Labute approximate surface area is 65.0 Å². The van der Waals surface area contributed by atoms with Gasteiger partial charge in [0.15, 0.2) is 0 Å². The van der Waals surface area contributed by atoms with Gasteiger partial charge >= 0.3 is 29.6 Å². The van der Waals surface area contributed by atoms with Crippen molar-refractivity contribution in [1.29, 1.82) is 0 Å². The SMILES string of the molecule is [CH2]C(O)CCl.[NaH]. The molecule has 0 bridgehead atoms. The Morgan fingerprint density at radius 2 is 2.00 bits per heavy atom. The van der Waals surface area contributed by atoms with Crippen LogP contribution in [0.5, 0.6) is 0 Å². The van der Waals surface area contributed by atoms with E-state index in [0.29, 0.717) is 0 Å². The molecule has 0 aromatic carbocycles. The average molecular weight is 118 g/mol. The summed E-state index contributed by atoms with van der Waals surface area (Å²) < 4.78 is 0. The van der Waals surface area contributed by atoms with Gasteiger partial charge in [-0.2, -0.15) is 0 Å². The molecule has 1 unspecified atom stereocenters. The van der Waals surface area contributed by atoms with E-state index in [-0.39, 0.29) is 35.4 Å². The number of halogens is 1. The number of rotatable bonds is 1. The normalized spacial score (nSPS) is 12.5. The molecule has 0 saturated carbocycles. The van der Waals surface area contributed by atoms with Crippen molar-refractivity contribution in [2.24, 2.45) is 0 Å². The van der Waals surface area contributed by atoms with Crippen molar-refractivity contribution >= 4 is 41.2 Å². The molecule has 0 aromatic heterocycles. The number of hydrogen-bond donors (Lipinski definition) is 1. The van der Waals surface area contributed by atoms with Crippen molar-refractivity contribution < 1.29 is 5.11 Å². The van der Waals surface area contributed by atoms with Gasteiger partial charge in [0.2, 0.25) is 0 Å². The molecule has 6 heavy (non-hydrogen) atoms. The van der Waals surface area contributed by atoms with Crippen LogP contribution in [0.1, 0.15) is 0 Å². The minimum absolute atomic E-state index is 0. The fraction of sp³-hybridized carbons (Fsp3) is 0.667. The molecule has 3 heteroatoms. The molecule has 1 N–H and O–H groups in total. The first-order valence-corrected chi connectivity index (χ1v) is 1.88. The summed E-state index contributed by atoms with van der Waals surface area (Å²) in [7, 11) is 0. The molecule has 0 spiro atoms. The summed E-state index contributed by atoms with van der Waals surface area (Å²) >= 11 is 5.02. The van der Waals surface area contributed by atoms with Gasteiger partial charge in [0.25, 0.3) is 0 Å². The predicted molar refractivity (Wildman–Crippen MR) is 29.2 cm³/mol. The van der Waals surface area contributed by atoms with E-state index in [1.807, 2.05) is 0 Å². The third kappa shape index (κ3) is 8.98. The van der Waals surface area contributed by atoms with Crippen LogP contribution in [0.2, 0.25) is 0 Å². The fourth-order valence-corrected chi connectivity index (χ4v) is 0. The minimum atomic E-state index is -0.600. The molecule has 1 radical (unpaired) electrons. The van der Waals surface area contributed by atoms with Crippen LogP contribution in [0, 0.1) is 6.92 Å². The van der Waals surface area contributed by atoms with Crippen molar-refractivity contribution in [3.05, 3.63) is 6.92 Å². The third-order valence-electron chi connectivity index (χ3n) is 0.178. The Morgan fingerprint density at radius 3 is 2.00 bits per heavy atom. The van der Waals surface area contributed by atoms with Crippen LogP contribution in [0.4, 0.5) is 0 Å². The van der Waals surface area contributed by atoms with Crippen LogP contribution < -0.4 is 0 Å². The van der Waals surface area contributed by atoms with E-state index < -0.39 is 6.10 Å². The molecule has 0 aliphatic rings. The zero-order chi connectivity index (χ0) is 4.28. The van der Waals surface area contributed by atoms with Gasteiger partial charge in [0.1, 0.15) is 0 Å². The second-order valence-electron chi connectivity index (χ2n) is 0.808. The molecule has 0 aromatic rings. The molecule has 0 saturated heterocycles. The van der Waals surface area contributed by atoms with E-state index in [4.69, 9.17) is 16.7 Å². The third-order valence-corrected chi connectivity index (χ3v) is 0.534. The monoisotopic (exact) mass is 117 g/mol. The molecular weight excluding hydrogens is 110 g/mol. The molecule has 1 atom stereocenters. The second-order valence-corrected chi connectivity index (χ2v) is 1.12. The van der Waals surface area contributed by atoms with Crippen LogP contribution in [-0.4, -0.2) is 46.6 Å². The summed E-state index contributed by atoms with van der Waals surface area (Å²) in [5, 5.41) is 8.12. The van der Waals surface area contributed by atoms with Crippen molar-refractivity contribution in [2.75, 3.05) is 5.88 Å². The molecule has 0 fully saturated rings. The maximum atomic E-state index is 8.12. The predicted octanol–water partition coefficient (Wildman–Crippen LogP) is -0.228. The fourth-order valence-electron chi connectivity index (χ4n) is 0. The van der Waals surface area contributed by atoms with Crippen LogP contribution in [-0.2, 0) is 0 Å². The summed E-state index contributed by atoms with van der Waals surface area (Å²) in [6, 6.07) is 0. The molecule has 0 rings (SSSR count). The van der Waals surface area contributed by atoms with Crippen molar-refractivity contribution in [3.8, 4) is 0 Å². The molecule has 1 nitrogen and oxygen atoms in total. The van der Waals surface area contributed by atoms with Crippen LogP contribution in [0.15, 0.2) is 0 Å².